The first-order valence-electron chi connectivity index (χ1n) is 9.49. The molecular formula is C19H21N5O2. The Labute approximate surface area is 152 Å². The summed E-state index contributed by atoms with van der Waals surface area (Å²) in [7, 11) is 0. The highest BCUT2D eigenvalue weighted by atomic mass is 16.7. The topological polar surface area (TPSA) is 88.1 Å². The third kappa shape index (κ3) is 2.55. The number of rotatable bonds is 2. The van der Waals surface area contributed by atoms with E-state index in [1.807, 2.05) is 28.9 Å². The van der Waals surface area contributed by atoms with Crippen molar-refractivity contribution in [3.8, 4) is 11.3 Å². The van der Waals surface area contributed by atoms with Crippen molar-refractivity contribution in [2.45, 2.75) is 37.5 Å². The molecule has 2 fully saturated rings. The van der Waals surface area contributed by atoms with E-state index in [0.29, 0.717) is 29.9 Å². The van der Waals surface area contributed by atoms with Gasteiger partial charge in [-0.1, -0.05) is 12.1 Å². The summed E-state index contributed by atoms with van der Waals surface area (Å²) in [4.78, 5) is 8.52. The van der Waals surface area contributed by atoms with E-state index in [2.05, 4.69) is 9.97 Å². The van der Waals surface area contributed by atoms with E-state index in [0.717, 1.165) is 36.9 Å². The summed E-state index contributed by atoms with van der Waals surface area (Å²) >= 11 is 0. The van der Waals surface area contributed by atoms with E-state index < -0.39 is 5.79 Å². The molecule has 0 amide bonds. The Morgan fingerprint density at radius 1 is 1.15 bits per heavy atom. The first-order chi connectivity index (χ1) is 13.2. The third-order valence-electron chi connectivity index (χ3n) is 5.36. The summed E-state index contributed by atoms with van der Waals surface area (Å²) in [6.45, 7) is 1.35. The van der Waals surface area contributed by atoms with Gasteiger partial charge in [0.1, 0.15) is 12.0 Å². The largest absolute Gasteiger partial charge is 0.399 e. The van der Waals surface area contributed by atoms with Gasteiger partial charge in [0.25, 0.3) is 0 Å². The molecular weight excluding hydrogens is 330 g/mol. The third-order valence-corrected chi connectivity index (χ3v) is 5.36. The van der Waals surface area contributed by atoms with Crippen molar-refractivity contribution in [2.24, 2.45) is 0 Å². The summed E-state index contributed by atoms with van der Waals surface area (Å²) in [5.74, 6) is -0.408. The van der Waals surface area contributed by atoms with Crippen LogP contribution in [-0.4, -0.2) is 38.7 Å². The van der Waals surface area contributed by atoms with Gasteiger partial charge in [0.2, 0.25) is 0 Å². The number of benzene rings is 1. The molecule has 2 aromatic heterocycles. The lowest BCUT2D eigenvalue weighted by atomic mass is 9.90. The number of hydrogen-bond acceptors (Lipinski definition) is 6. The number of fused-ring (bicyclic) bond motifs is 1. The maximum atomic E-state index is 8.29. The van der Waals surface area contributed by atoms with Crippen LogP contribution in [0.3, 0.4) is 0 Å². The smallest absolute Gasteiger partial charge is 0.168 e. The molecule has 0 bridgehead atoms. The van der Waals surface area contributed by atoms with Crippen molar-refractivity contribution in [2.75, 3.05) is 18.9 Å². The molecule has 3 heterocycles. The van der Waals surface area contributed by atoms with Crippen LogP contribution in [0.15, 0.2) is 36.8 Å². The predicted octanol–water partition coefficient (Wildman–Crippen LogP) is 2.93. The maximum absolute atomic E-state index is 8.29. The monoisotopic (exact) mass is 352 g/mol. The summed E-state index contributed by atoms with van der Waals surface area (Å²) in [5, 5.41) is 5.54. The zero-order chi connectivity index (χ0) is 18.4. The van der Waals surface area contributed by atoms with Gasteiger partial charge in [-0.25, -0.2) is 14.6 Å². The minimum absolute atomic E-state index is 0.188. The number of aromatic nitrogens is 4. The second-order valence-electron chi connectivity index (χ2n) is 6.94. The van der Waals surface area contributed by atoms with Crippen LogP contribution in [0.25, 0.3) is 22.3 Å². The van der Waals surface area contributed by atoms with Crippen LogP contribution in [0.2, 0.25) is 0 Å². The van der Waals surface area contributed by atoms with E-state index in [9.17, 15) is 0 Å². The van der Waals surface area contributed by atoms with Crippen molar-refractivity contribution in [1.82, 2.24) is 19.7 Å². The molecule has 1 aliphatic heterocycles. The van der Waals surface area contributed by atoms with Crippen LogP contribution >= 0.6 is 0 Å². The number of nitrogen functional groups attached to an aromatic ring is 1. The molecule has 3 aromatic rings. The van der Waals surface area contributed by atoms with Crippen LogP contribution in [0.5, 0.6) is 0 Å². The second-order valence-corrected chi connectivity index (χ2v) is 6.94. The molecule has 7 nitrogen and oxygen atoms in total. The molecule has 26 heavy (non-hydrogen) atoms. The fourth-order valence-electron chi connectivity index (χ4n) is 4.00. The maximum Gasteiger partial charge on any atom is 0.168 e. The number of nitrogens with zero attached hydrogens (tertiary/aromatic N) is 4. The van der Waals surface area contributed by atoms with Crippen molar-refractivity contribution >= 4 is 16.7 Å². The number of hydrogen-bond donors (Lipinski definition) is 1. The Kier molecular flexibility index (Phi) is 3.40. The minimum atomic E-state index is -0.408. The number of anilines is 1. The molecule has 7 heteroatoms. The van der Waals surface area contributed by atoms with Crippen LogP contribution < -0.4 is 5.73 Å². The minimum Gasteiger partial charge on any atom is -0.399 e. The molecule has 1 aromatic carbocycles. The van der Waals surface area contributed by atoms with Crippen molar-refractivity contribution in [3.63, 3.8) is 0 Å². The highest BCUT2D eigenvalue weighted by molar-refractivity contribution is 5.90. The molecule has 2 aliphatic rings. The van der Waals surface area contributed by atoms with Gasteiger partial charge in [-0.15, -0.1) is 0 Å². The van der Waals surface area contributed by atoms with Crippen molar-refractivity contribution < 1.29 is 10.8 Å². The van der Waals surface area contributed by atoms with E-state index in [1.165, 1.54) is 6.33 Å². The van der Waals surface area contributed by atoms with Gasteiger partial charge >= 0.3 is 0 Å². The van der Waals surface area contributed by atoms with Crippen LogP contribution in [-0.2, 0) is 9.47 Å². The Morgan fingerprint density at radius 3 is 2.62 bits per heavy atom. The van der Waals surface area contributed by atoms with Crippen LogP contribution in [0, 0.1) is 0 Å². The Hall–Kier alpha value is -2.51. The average molecular weight is 352 g/mol. The highest BCUT2D eigenvalue weighted by Gasteiger charge is 2.41. The van der Waals surface area contributed by atoms with Crippen LogP contribution in [0.1, 0.15) is 33.1 Å². The van der Waals surface area contributed by atoms with Gasteiger partial charge < -0.3 is 15.2 Å². The van der Waals surface area contributed by atoms with Gasteiger partial charge in [0.05, 0.1) is 26.0 Å². The number of nitrogens with two attached hydrogens (primary N) is 1. The predicted molar refractivity (Wildman–Crippen MR) is 97.3 cm³/mol. The molecule has 1 aliphatic carbocycles. The molecule has 0 unspecified atom stereocenters. The second kappa shape index (κ2) is 6.03. The number of ether oxygens (including phenoxy) is 2. The van der Waals surface area contributed by atoms with E-state index in [4.69, 9.17) is 21.7 Å². The van der Waals surface area contributed by atoms with Crippen LogP contribution in [0.4, 0.5) is 5.69 Å². The van der Waals surface area contributed by atoms with Gasteiger partial charge in [-0.2, -0.15) is 5.10 Å². The van der Waals surface area contributed by atoms with Gasteiger partial charge in [-0.3, -0.25) is 0 Å². The lowest BCUT2D eigenvalue weighted by Crippen LogP contribution is -2.36. The van der Waals surface area contributed by atoms with Gasteiger partial charge in [0.15, 0.2) is 11.4 Å². The van der Waals surface area contributed by atoms with E-state index >= 15 is 0 Å². The molecule has 1 saturated heterocycles. The van der Waals surface area contributed by atoms with E-state index in [-0.39, 0.29) is 12.2 Å². The fraction of sp³-hybridized carbons (Fsp3) is 0.421. The van der Waals surface area contributed by atoms with Gasteiger partial charge in [-0.05, 0) is 25.0 Å². The Morgan fingerprint density at radius 2 is 1.88 bits per heavy atom. The van der Waals surface area contributed by atoms with Gasteiger partial charge in [0, 0.05) is 30.3 Å². The lowest BCUT2D eigenvalue weighted by molar-refractivity contribution is -0.181. The standard InChI is InChI=1S/C19H21N5O2/c20-14-3-1-13(2-4-14)17-16-11-21-12-22-18(16)24(23-17)15-5-7-19(8-6-15)25-9-10-26-19/h1-4,11-12,15H,5-10,20H2/i11D. The summed E-state index contributed by atoms with van der Waals surface area (Å²) in [5.41, 5.74) is 8.85. The molecule has 0 radical (unpaired) electrons. The molecule has 134 valence electrons. The zero-order valence-corrected chi connectivity index (χ0v) is 14.4. The quantitative estimate of drug-likeness (QED) is 0.714. The summed E-state index contributed by atoms with van der Waals surface area (Å²) < 4.78 is 21.9. The average Bonchev–Trinajstić information content (AvgIpc) is 3.29. The lowest BCUT2D eigenvalue weighted by Gasteiger charge is -2.35. The Bertz CT molecular complexity index is 972. The Balaban J connectivity index is 1.55. The molecule has 0 atom stereocenters. The first-order valence-corrected chi connectivity index (χ1v) is 8.99. The summed E-state index contributed by atoms with van der Waals surface area (Å²) in [6.07, 6.45) is 5.10. The normalized spacial score (nSPS) is 20.7. The highest BCUT2D eigenvalue weighted by Crippen LogP contribution is 2.41. The summed E-state index contributed by atoms with van der Waals surface area (Å²) in [6, 6.07) is 7.72. The molecule has 1 spiro atoms. The fourth-order valence-corrected chi connectivity index (χ4v) is 4.00. The molecule has 1 saturated carbocycles. The van der Waals surface area contributed by atoms with Crippen molar-refractivity contribution in [1.29, 1.82) is 0 Å². The van der Waals surface area contributed by atoms with E-state index in [1.54, 1.807) is 0 Å². The SMILES string of the molecule is [2H]c1ncnc2c1c(-c1ccc(N)cc1)nn2C1CCC2(CC1)OCCO2. The van der Waals surface area contributed by atoms with Crippen molar-refractivity contribution in [3.05, 3.63) is 36.8 Å². The molecule has 5 rings (SSSR count). The first kappa shape index (κ1) is 14.6. The zero-order valence-electron chi connectivity index (χ0n) is 15.4. The molecule has 2 N–H and O–H groups in total.